The second-order valence-corrected chi connectivity index (χ2v) is 6.62. The molecule has 0 aliphatic rings. The molecule has 0 atom stereocenters. The van der Waals surface area contributed by atoms with Gasteiger partial charge >= 0.3 is 0 Å². The first-order valence-corrected chi connectivity index (χ1v) is 9.31. The molecule has 3 rings (SSSR count). The van der Waals surface area contributed by atoms with Crippen molar-refractivity contribution in [1.82, 2.24) is 15.1 Å². The number of carbonyl (C=O) groups is 1. The van der Waals surface area contributed by atoms with Crippen molar-refractivity contribution in [2.45, 2.75) is 20.8 Å². The van der Waals surface area contributed by atoms with Crippen LogP contribution in [0.1, 0.15) is 22.5 Å². The van der Waals surface area contributed by atoms with E-state index in [-0.39, 0.29) is 5.91 Å². The average Bonchev–Trinajstić information content (AvgIpc) is 2.99. The topological polar surface area (TPSA) is 56.1 Å². The molecule has 0 unspecified atom stereocenters. The van der Waals surface area contributed by atoms with E-state index in [9.17, 15) is 4.79 Å². The number of amides is 1. The van der Waals surface area contributed by atoms with Crippen LogP contribution in [0.5, 0.6) is 5.75 Å². The number of ether oxygens (including phenoxy) is 1. The molecule has 5 heteroatoms. The van der Waals surface area contributed by atoms with Gasteiger partial charge in [-0.2, -0.15) is 5.10 Å². The van der Waals surface area contributed by atoms with E-state index >= 15 is 0 Å². The third-order valence-corrected chi connectivity index (χ3v) is 4.44. The van der Waals surface area contributed by atoms with Gasteiger partial charge in [-0.15, -0.1) is 0 Å². The van der Waals surface area contributed by atoms with Crippen molar-refractivity contribution in [2.75, 3.05) is 13.2 Å². The third kappa shape index (κ3) is 4.88. The number of nitrogens with zero attached hydrogens (tertiary/aromatic N) is 2. The van der Waals surface area contributed by atoms with Crippen LogP contribution in [-0.2, 0) is 4.79 Å². The number of para-hydroxylation sites is 1. The molecule has 2 aromatic carbocycles. The SMILES string of the molecule is Cc1ccc(OCCNC(=O)/C=C/c2c(C)nn(-c3ccccc3)c2C)cc1. The number of nitrogens with one attached hydrogen (secondary N) is 1. The van der Waals surface area contributed by atoms with Crippen molar-refractivity contribution in [3.63, 3.8) is 0 Å². The molecule has 0 fully saturated rings. The maximum absolute atomic E-state index is 12.1. The minimum atomic E-state index is -0.154. The largest absolute Gasteiger partial charge is 0.492 e. The van der Waals surface area contributed by atoms with Gasteiger partial charge in [0.25, 0.3) is 0 Å². The Labute approximate surface area is 165 Å². The van der Waals surface area contributed by atoms with Gasteiger partial charge in [-0.05, 0) is 51.1 Å². The van der Waals surface area contributed by atoms with Crippen molar-refractivity contribution in [3.8, 4) is 11.4 Å². The van der Waals surface area contributed by atoms with Crippen LogP contribution in [0.2, 0.25) is 0 Å². The number of rotatable bonds is 7. The van der Waals surface area contributed by atoms with Gasteiger partial charge in [0.15, 0.2) is 0 Å². The number of hydrogen-bond acceptors (Lipinski definition) is 3. The normalized spacial score (nSPS) is 11.0. The summed E-state index contributed by atoms with van der Waals surface area (Å²) in [6, 6.07) is 17.8. The highest BCUT2D eigenvalue weighted by atomic mass is 16.5. The Morgan fingerprint density at radius 2 is 1.79 bits per heavy atom. The van der Waals surface area contributed by atoms with Crippen LogP contribution < -0.4 is 10.1 Å². The monoisotopic (exact) mass is 375 g/mol. The van der Waals surface area contributed by atoms with Crippen molar-refractivity contribution in [2.24, 2.45) is 0 Å². The van der Waals surface area contributed by atoms with Crippen LogP contribution in [0.3, 0.4) is 0 Å². The van der Waals surface area contributed by atoms with Gasteiger partial charge in [-0.1, -0.05) is 35.9 Å². The summed E-state index contributed by atoms with van der Waals surface area (Å²) < 4.78 is 7.50. The van der Waals surface area contributed by atoms with Crippen molar-refractivity contribution in [3.05, 3.63) is 83.2 Å². The summed E-state index contributed by atoms with van der Waals surface area (Å²) in [7, 11) is 0. The van der Waals surface area contributed by atoms with Gasteiger partial charge in [0.05, 0.1) is 17.9 Å². The van der Waals surface area contributed by atoms with Crippen LogP contribution >= 0.6 is 0 Å². The summed E-state index contributed by atoms with van der Waals surface area (Å²) in [6.45, 7) is 6.84. The van der Waals surface area contributed by atoms with E-state index in [1.165, 1.54) is 11.6 Å². The van der Waals surface area contributed by atoms with Crippen LogP contribution in [0.4, 0.5) is 0 Å². The molecule has 1 amide bonds. The van der Waals surface area contributed by atoms with Crippen molar-refractivity contribution >= 4 is 12.0 Å². The van der Waals surface area contributed by atoms with E-state index in [0.717, 1.165) is 28.4 Å². The van der Waals surface area contributed by atoms with E-state index in [2.05, 4.69) is 10.4 Å². The second kappa shape index (κ2) is 9.04. The van der Waals surface area contributed by atoms with E-state index in [4.69, 9.17) is 4.74 Å². The maximum atomic E-state index is 12.1. The molecule has 0 aliphatic heterocycles. The predicted octanol–water partition coefficient (Wildman–Crippen LogP) is 4.01. The summed E-state index contributed by atoms with van der Waals surface area (Å²) in [5.41, 5.74) is 5.02. The fourth-order valence-electron chi connectivity index (χ4n) is 2.91. The number of benzene rings is 2. The highest BCUT2D eigenvalue weighted by Crippen LogP contribution is 2.19. The number of hydrogen-bond donors (Lipinski definition) is 1. The van der Waals surface area contributed by atoms with Crippen LogP contribution in [-0.4, -0.2) is 28.8 Å². The van der Waals surface area contributed by atoms with Gasteiger partial charge in [-0.25, -0.2) is 4.68 Å². The van der Waals surface area contributed by atoms with Crippen molar-refractivity contribution < 1.29 is 9.53 Å². The second-order valence-electron chi connectivity index (χ2n) is 6.62. The van der Waals surface area contributed by atoms with Gasteiger partial charge < -0.3 is 10.1 Å². The van der Waals surface area contributed by atoms with E-state index < -0.39 is 0 Å². The molecule has 0 radical (unpaired) electrons. The lowest BCUT2D eigenvalue weighted by molar-refractivity contribution is -0.116. The number of carbonyl (C=O) groups excluding carboxylic acids is 1. The Balaban J connectivity index is 1.54. The quantitative estimate of drug-likeness (QED) is 0.501. The zero-order chi connectivity index (χ0) is 19.9. The summed E-state index contributed by atoms with van der Waals surface area (Å²) in [5.74, 6) is 0.647. The molecular formula is C23H25N3O2. The molecule has 0 saturated heterocycles. The first-order valence-electron chi connectivity index (χ1n) is 9.31. The first-order chi connectivity index (χ1) is 13.5. The molecule has 1 N–H and O–H groups in total. The summed E-state index contributed by atoms with van der Waals surface area (Å²) in [6.07, 6.45) is 3.35. The summed E-state index contributed by atoms with van der Waals surface area (Å²) in [4.78, 5) is 12.1. The minimum absolute atomic E-state index is 0.154. The molecule has 1 heterocycles. The Kier molecular flexibility index (Phi) is 6.27. The highest BCUT2D eigenvalue weighted by Gasteiger charge is 2.10. The molecule has 5 nitrogen and oxygen atoms in total. The summed E-state index contributed by atoms with van der Waals surface area (Å²) in [5, 5.41) is 7.42. The third-order valence-electron chi connectivity index (χ3n) is 4.44. The molecule has 144 valence electrons. The molecule has 0 saturated carbocycles. The molecule has 0 bridgehead atoms. The number of aromatic nitrogens is 2. The fraction of sp³-hybridized carbons (Fsp3) is 0.217. The summed E-state index contributed by atoms with van der Waals surface area (Å²) >= 11 is 0. The zero-order valence-electron chi connectivity index (χ0n) is 16.5. The van der Waals surface area contributed by atoms with E-state index in [0.29, 0.717) is 13.2 Å². The zero-order valence-corrected chi connectivity index (χ0v) is 16.5. The number of aryl methyl sites for hydroxylation is 2. The highest BCUT2D eigenvalue weighted by molar-refractivity contribution is 5.92. The van der Waals surface area contributed by atoms with Crippen LogP contribution in [0.15, 0.2) is 60.7 Å². The Morgan fingerprint density at radius 1 is 1.07 bits per heavy atom. The first kappa shape index (κ1) is 19.4. The Bertz CT molecular complexity index is 958. The lowest BCUT2D eigenvalue weighted by atomic mass is 10.2. The Morgan fingerprint density at radius 3 is 2.50 bits per heavy atom. The average molecular weight is 375 g/mol. The molecule has 1 aromatic heterocycles. The fourth-order valence-corrected chi connectivity index (χ4v) is 2.91. The van der Waals surface area contributed by atoms with Gasteiger partial charge in [0, 0.05) is 17.3 Å². The molecule has 3 aromatic rings. The van der Waals surface area contributed by atoms with Crippen LogP contribution in [0.25, 0.3) is 11.8 Å². The van der Waals surface area contributed by atoms with Gasteiger partial charge in [0.2, 0.25) is 5.91 Å². The van der Waals surface area contributed by atoms with Crippen molar-refractivity contribution in [1.29, 1.82) is 0 Å². The van der Waals surface area contributed by atoms with Crippen LogP contribution in [0, 0.1) is 20.8 Å². The molecular weight excluding hydrogens is 350 g/mol. The van der Waals surface area contributed by atoms with Gasteiger partial charge in [0.1, 0.15) is 12.4 Å². The minimum Gasteiger partial charge on any atom is -0.492 e. The Hall–Kier alpha value is -3.34. The van der Waals surface area contributed by atoms with Gasteiger partial charge in [-0.3, -0.25) is 4.79 Å². The lowest BCUT2D eigenvalue weighted by Crippen LogP contribution is -2.26. The predicted molar refractivity (Wildman–Crippen MR) is 112 cm³/mol. The van der Waals surface area contributed by atoms with E-state index in [1.807, 2.05) is 86.1 Å². The standard InChI is InChI=1S/C23H25N3O2/c1-17-9-11-21(12-10-17)28-16-15-24-23(27)14-13-22-18(2)25-26(19(22)3)20-7-5-4-6-8-20/h4-14H,15-16H2,1-3H3,(H,24,27)/b14-13+. The maximum Gasteiger partial charge on any atom is 0.244 e. The molecule has 0 aliphatic carbocycles. The van der Waals surface area contributed by atoms with E-state index in [1.54, 1.807) is 0 Å². The lowest BCUT2D eigenvalue weighted by Gasteiger charge is -2.06. The smallest absolute Gasteiger partial charge is 0.244 e. The molecule has 0 spiro atoms. The molecule has 28 heavy (non-hydrogen) atoms.